The van der Waals surface area contributed by atoms with Crippen LogP contribution in [0.3, 0.4) is 0 Å². The lowest BCUT2D eigenvalue weighted by Gasteiger charge is -2.26. The quantitative estimate of drug-likeness (QED) is 0.555. The van der Waals surface area contributed by atoms with Crippen LogP contribution in [0.15, 0.2) is 0 Å². The van der Waals surface area contributed by atoms with Crippen LogP contribution in [0.2, 0.25) is 0 Å². The van der Waals surface area contributed by atoms with Gasteiger partial charge in [0.05, 0.1) is 0 Å². The second-order valence-electron chi connectivity index (χ2n) is 7.37. The Morgan fingerprint density at radius 1 is 0.857 bits per heavy atom. The number of hydrogen-bond acceptors (Lipinski definition) is 2. The zero-order valence-electron chi connectivity index (χ0n) is 13.9. The Labute approximate surface area is 134 Å². The SMILES string of the molecule is O[SiH2]OC(CCCC1CCCCCC1)C1CCCCCC1. The number of hydrogen-bond donors (Lipinski definition) is 1. The molecule has 0 aromatic heterocycles. The minimum Gasteiger partial charge on any atom is -0.415 e. The molecule has 0 radical (unpaired) electrons. The van der Waals surface area contributed by atoms with Gasteiger partial charge < -0.3 is 9.22 Å². The van der Waals surface area contributed by atoms with E-state index in [1.165, 1.54) is 96.3 Å². The van der Waals surface area contributed by atoms with Crippen molar-refractivity contribution in [1.82, 2.24) is 0 Å². The predicted molar refractivity (Wildman–Crippen MR) is 91.9 cm³/mol. The molecule has 2 aliphatic carbocycles. The highest BCUT2D eigenvalue weighted by molar-refractivity contribution is 6.15. The van der Waals surface area contributed by atoms with Crippen LogP contribution in [0.25, 0.3) is 0 Å². The molecule has 3 heteroatoms. The highest BCUT2D eigenvalue weighted by atomic mass is 28.2. The van der Waals surface area contributed by atoms with Gasteiger partial charge >= 0.3 is 10.0 Å². The Morgan fingerprint density at radius 2 is 1.43 bits per heavy atom. The Hall–Kier alpha value is 0.137. The van der Waals surface area contributed by atoms with Crippen LogP contribution in [0.4, 0.5) is 0 Å². The molecule has 2 fully saturated rings. The van der Waals surface area contributed by atoms with E-state index in [0.717, 1.165) is 11.8 Å². The average Bonchev–Trinajstić information content (AvgIpc) is 2.91. The van der Waals surface area contributed by atoms with E-state index in [2.05, 4.69) is 0 Å². The third kappa shape index (κ3) is 6.83. The van der Waals surface area contributed by atoms with Gasteiger partial charge in [-0.3, -0.25) is 0 Å². The molecule has 0 aliphatic heterocycles. The van der Waals surface area contributed by atoms with Gasteiger partial charge in [0.15, 0.2) is 0 Å². The topological polar surface area (TPSA) is 29.5 Å². The molecule has 1 N–H and O–H groups in total. The average molecular weight is 313 g/mol. The van der Waals surface area contributed by atoms with E-state index in [1.54, 1.807) is 0 Å². The summed E-state index contributed by atoms with van der Waals surface area (Å²) in [5, 5.41) is 0. The summed E-state index contributed by atoms with van der Waals surface area (Å²) >= 11 is 0. The van der Waals surface area contributed by atoms with Crippen molar-refractivity contribution in [3.8, 4) is 0 Å². The van der Waals surface area contributed by atoms with Crippen molar-refractivity contribution in [1.29, 1.82) is 0 Å². The smallest absolute Gasteiger partial charge is 0.302 e. The third-order valence-corrected chi connectivity index (χ3v) is 6.37. The normalized spacial score (nSPS) is 25.0. The van der Waals surface area contributed by atoms with Gasteiger partial charge in [0.1, 0.15) is 0 Å². The van der Waals surface area contributed by atoms with Gasteiger partial charge in [0, 0.05) is 6.10 Å². The first-order valence-electron chi connectivity index (χ1n) is 9.62. The monoisotopic (exact) mass is 312 g/mol. The van der Waals surface area contributed by atoms with Gasteiger partial charge in [-0.25, -0.2) is 0 Å². The summed E-state index contributed by atoms with van der Waals surface area (Å²) in [4.78, 5) is 9.34. The first-order chi connectivity index (χ1) is 10.4. The van der Waals surface area contributed by atoms with Crippen molar-refractivity contribution in [2.24, 2.45) is 11.8 Å². The lowest BCUT2D eigenvalue weighted by Crippen LogP contribution is -2.26. The minimum atomic E-state index is -1.25. The van der Waals surface area contributed by atoms with Crippen molar-refractivity contribution >= 4 is 10.0 Å². The van der Waals surface area contributed by atoms with Crippen molar-refractivity contribution in [3.05, 3.63) is 0 Å². The highest BCUT2D eigenvalue weighted by Crippen LogP contribution is 2.31. The van der Waals surface area contributed by atoms with E-state index in [4.69, 9.17) is 4.43 Å². The summed E-state index contributed by atoms with van der Waals surface area (Å²) in [5.41, 5.74) is 0. The lowest BCUT2D eigenvalue weighted by atomic mass is 9.88. The first-order valence-corrected chi connectivity index (χ1v) is 10.8. The van der Waals surface area contributed by atoms with Crippen LogP contribution in [0.1, 0.15) is 96.3 Å². The second-order valence-corrected chi connectivity index (χ2v) is 7.97. The van der Waals surface area contributed by atoms with Gasteiger partial charge in [0.25, 0.3) is 0 Å². The fourth-order valence-corrected chi connectivity index (χ4v) is 5.12. The van der Waals surface area contributed by atoms with Crippen LogP contribution in [-0.4, -0.2) is 20.9 Å². The van der Waals surface area contributed by atoms with Crippen molar-refractivity contribution in [3.63, 3.8) is 0 Å². The first kappa shape index (κ1) is 17.5. The molecule has 2 saturated carbocycles. The summed E-state index contributed by atoms with van der Waals surface area (Å²) in [6.45, 7) is 0. The molecule has 2 aliphatic rings. The largest absolute Gasteiger partial charge is 0.415 e. The zero-order valence-corrected chi connectivity index (χ0v) is 15.3. The summed E-state index contributed by atoms with van der Waals surface area (Å²) in [6.07, 6.45) is 21.3. The summed E-state index contributed by atoms with van der Waals surface area (Å²) < 4.78 is 5.85. The van der Waals surface area contributed by atoms with Gasteiger partial charge in [0.2, 0.25) is 0 Å². The molecule has 124 valence electrons. The van der Waals surface area contributed by atoms with Crippen LogP contribution in [0.5, 0.6) is 0 Å². The molecule has 2 nitrogen and oxygen atoms in total. The second kappa shape index (κ2) is 10.8. The fraction of sp³-hybridized carbons (Fsp3) is 1.00. The third-order valence-electron chi connectivity index (χ3n) is 5.79. The van der Waals surface area contributed by atoms with E-state index < -0.39 is 10.0 Å². The van der Waals surface area contributed by atoms with E-state index in [0.29, 0.717) is 6.10 Å². The molecule has 21 heavy (non-hydrogen) atoms. The maximum absolute atomic E-state index is 9.34. The van der Waals surface area contributed by atoms with Crippen molar-refractivity contribution in [2.45, 2.75) is 102 Å². The number of rotatable bonds is 7. The molecule has 0 aromatic carbocycles. The van der Waals surface area contributed by atoms with Crippen LogP contribution in [0, 0.1) is 11.8 Å². The van der Waals surface area contributed by atoms with Gasteiger partial charge in [-0.15, -0.1) is 0 Å². The standard InChI is InChI=1S/C18H36O2Si/c19-21-20-18(17-13-7-3-4-8-14-17)15-9-12-16-10-5-1-2-6-11-16/h16-19H,1-15,21H2. The maximum atomic E-state index is 9.34. The predicted octanol–water partition coefficient (Wildman–Crippen LogP) is 4.47. The molecule has 0 bridgehead atoms. The Kier molecular flexibility index (Phi) is 8.99. The van der Waals surface area contributed by atoms with E-state index in [9.17, 15) is 4.80 Å². The van der Waals surface area contributed by atoms with E-state index in [-0.39, 0.29) is 0 Å². The molecule has 0 amide bonds. The minimum absolute atomic E-state index is 0.380. The fourth-order valence-electron chi connectivity index (χ4n) is 4.49. The molecule has 0 spiro atoms. The lowest BCUT2D eigenvalue weighted by molar-refractivity contribution is 0.0979. The molecule has 0 heterocycles. The van der Waals surface area contributed by atoms with E-state index in [1.807, 2.05) is 0 Å². The van der Waals surface area contributed by atoms with Gasteiger partial charge in [-0.2, -0.15) is 0 Å². The Balaban J connectivity index is 1.70. The maximum Gasteiger partial charge on any atom is 0.302 e. The molecule has 2 rings (SSSR count). The molecule has 0 aromatic rings. The summed E-state index contributed by atoms with van der Waals surface area (Å²) in [7, 11) is -1.25. The van der Waals surface area contributed by atoms with Gasteiger partial charge in [-0.05, 0) is 31.1 Å². The van der Waals surface area contributed by atoms with Gasteiger partial charge in [-0.1, -0.05) is 77.0 Å². The zero-order chi connectivity index (χ0) is 14.8. The van der Waals surface area contributed by atoms with Crippen LogP contribution < -0.4 is 0 Å². The molecular weight excluding hydrogens is 276 g/mol. The highest BCUT2D eigenvalue weighted by Gasteiger charge is 2.23. The molecular formula is C18H36O2Si. The van der Waals surface area contributed by atoms with Crippen LogP contribution >= 0.6 is 0 Å². The van der Waals surface area contributed by atoms with Crippen molar-refractivity contribution in [2.75, 3.05) is 0 Å². The molecule has 0 saturated heterocycles. The van der Waals surface area contributed by atoms with E-state index >= 15 is 0 Å². The summed E-state index contributed by atoms with van der Waals surface area (Å²) in [5.74, 6) is 1.72. The molecule has 1 unspecified atom stereocenters. The molecule has 1 atom stereocenters. The van der Waals surface area contributed by atoms with Crippen molar-refractivity contribution < 1.29 is 9.22 Å². The Morgan fingerprint density at radius 3 is 2.00 bits per heavy atom. The Bertz CT molecular complexity index is 244. The summed E-state index contributed by atoms with van der Waals surface area (Å²) in [6, 6.07) is 0. The van der Waals surface area contributed by atoms with Crippen LogP contribution in [-0.2, 0) is 4.43 Å².